The van der Waals surface area contributed by atoms with Crippen molar-refractivity contribution in [2.75, 3.05) is 39.5 Å². The predicted molar refractivity (Wildman–Crippen MR) is 108 cm³/mol. The molecule has 3 saturated heterocycles. The van der Waals surface area contributed by atoms with Gasteiger partial charge in [0.1, 0.15) is 0 Å². The Morgan fingerprint density at radius 2 is 1.89 bits per heavy atom. The molecule has 2 amide bonds. The highest BCUT2D eigenvalue weighted by molar-refractivity contribution is 5.75. The number of carbonyl (C=O) groups is 1. The molecule has 4 rings (SSSR count). The van der Waals surface area contributed by atoms with Gasteiger partial charge in [-0.25, -0.2) is 4.79 Å². The Hall–Kier alpha value is -1.63. The lowest BCUT2D eigenvalue weighted by molar-refractivity contribution is 0.00587. The molecule has 3 fully saturated rings. The van der Waals surface area contributed by atoms with Crippen LogP contribution >= 0.6 is 0 Å². The Bertz CT molecular complexity index is 629. The SMILES string of the molecule is C[C@@H]1CN(C2CCOCC2)CCN1C(=O)NC(c1ccccc1)C1CCCO1. The molecule has 28 heavy (non-hydrogen) atoms. The highest BCUT2D eigenvalue weighted by Crippen LogP contribution is 2.27. The number of benzene rings is 1. The van der Waals surface area contributed by atoms with Crippen LogP contribution in [0.1, 0.15) is 44.2 Å². The molecule has 2 unspecified atom stereocenters. The lowest BCUT2D eigenvalue weighted by atomic mass is 9.99. The smallest absolute Gasteiger partial charge is 0.318 e. The molecule has 154 valence electrons. The third-order valence-corrected chi connectivity index (χ3v) is 6.40. The molecule has 3 atom stereocenters. The van der Waals surface area contributed by atoms with Crippen molar-refractivity contribution in [3.05, 3.63) is 35.9 Å². The summed E-state index contributed by atoms with van der Waals surface area (Å²) in [5.41, 5.74) is 1.12. The molecular weight excluding hydrogens is 354 g/mol. The predicted octanol–water partition coefficient (Wildman–Crippen LogP) is 2.80. The Balaban J connectivity index is 1.39. The quantitative estimate of drug-likeness (QED) is 0.863. The van der Waals surface area contributed by atoms with Gasteiger partial charge in [0.2, 0.25) is 0 Å². The van der Waals surface area contributed by atoms with Gasteiger partial charge >= 0.3 is 6.03 Å². The third-order valence-electron chi connectivity index (χ3n) is 6.40. The van der Waals surface area contributed by atoms with Gasteiger partial charge < -0.3 is 19.7 Å². The Morgan fingerprint density at radius 1 is 1.11 bits per heavy atom. The first kappa shape index (κ1) is 19.7. The van der Waals surface area contributed by atoms with E-state index in [0.29, 0.717) is 6.04 Å². The van der Waals surface area contributed by atoms with E-state index in [0.717, 1.165) is 70.7 Å². The zero-order valence-corrected chi connectivity index (χ0v) is 16.9. The summed E-state index contributed by atoms with van der Waals surface area (Å²) < 4.78 is 11.4. The molecule has 0 radical (unpaired) electrons. The van der Waals surface area contributed by atoms with Crippen molar-refractivity contribution in [1.82, 2.24) is 15.1 Å². The number of rotatable bonds is 4. The average molecular weight is 388 g/mol. The topological polar surface area (TPSA) is 54.0 Å². The highest BCUT2D eigenvalue weighted by Gasteiger charge is 2.34. The van der Waals surface area contributed by atoms with Crippen LogP contribution in [0.15, 0.2) is 30.3 Å². The summed E-state index contributed by atoms with van der Waals surface area (Å²) in [6, 6.07) is 11.0. The van der Waals surface area contributed by atoms with Crippen molar-refractivity contribution in [1.29, 1.82) is 0 Å². The summed E-state index contributed by atoms with van der Waals surface area (Å²) in [6.45, 7) is 7.32. The second kappa shape index (κ2) is 9.25. The summed E-state index contributed by atoms with van der Waals surface area (Å²) in [4.78, 5) is 17.7. The van der Waals surface area contributed by atoms with Crippen LogP contribution in [-0.4, -0.2) is 73.5 Å². The molecule has 3 aliphatic heterocycles. The molecule has 1 N–H and O–H groups in total. The molecule has 0 bridgehead atoms. The van der Waals surface area contributed by atoms with Crippen molar-refractivity contribution in [2.45, 2.75) is 56.8 Å². The number of amides is 2. The number of nitrogens with one attached hydrogen (secondary N) is 1. The van der Waals surface area contributed by atoms with Gasteiger partial charge in [-0.2, -0.15) is 0 Å². The van der Waals surface area contributed by atoms with E-state index in [2.05, 4.69) is 29.3 Å². The molecule has 0 saturated carbocycles. The van der Waals surface area contributed by atoms with Crippen molar-refractivity contribution in [2.24, 2.45) is 0 Å². The summed E-state index contributed by atoms with van der Waals surface area (Å²) in [5.74, 6) is 0. The molecule has 3 aliphatic rings. The largest absolute Gasteiger partial charge is 0.381 e. The van der Waals surface area contributed by atoms with Crippen LogP contribution in [0, 0.1) is 0 Å². The van der Waals surface area contributed by atoms with Crippen molar-refractivity contribution >= 4 is 6.03 Å². The number of piperazine rings is 1. The summed E-state index contributed by atoms with van der Waals surface area (Å²) in [7, 11) is 0. The summed E-state index contributed by atoms with van der Waals surface area (Å²) >= 11 is 0. The molecular formula is C22H33N3O3. The first-order valence-electron chi connectivity index (χ1n) is 10.8. The number of carbonyl (C=O) groups excluding carboxylic acids is 1. The van der Waals surface area contributed by atoms with E-state index in [9.17, 15) is 4.79 Å². The van der Waals surface area contributed by atoms with Crippen LogP contribution < -0.4 is 5.32 Å². The van der Waals surface area contributed by atoms with Gasteiger partial charge in [-0.3, -0.25) is 4.90 Å². The van der Waals surface area contributed by atoms with Crippen LogP contribution in [0.4, 0.5) is 4.79 Å². The monoisotopic (exact) mass is 387 g/mol. The fraction of sp³-hybridized carbons (Fsp3) is 0.682. The normalized spacial score (nSPS) is 28.2. The van der Waals surface area contributed by atoms with Gasteiger partial charge in [-0.1, -0.05) is 30.3 Å². The fourth-order valence-electron chi connectivity index (χ4n) is 4.80. The van der Waals surface area contributed by atoms with E-state index >= 15 is 0 Å². The maximum absolute atomic E-state index is 13.2. The van der Waals surface area contributed by atoms with Crippen LogP contribution in [0.2, 0.25) is 0 Å². The number of urea groups is 1. The second-order valence-electron chi connectivity index (χ2n) is 8.27. The second-order valence-corrected chi connectivity index (χ2v) is 8.27. The van der Waals surface area contributed by atoms with Gasteiger partial charge in [0.15, 0.2) is 0 Å². The van der Waals surface area contributed by atoms with Crippen LogP contribution in [0.25, 0.3) is 0 Å². The molecule has 6 heteroatoms. The maximum Gasteiger partial charge on any atom is 0.318 e. The van der Waals surface area contributed by atoms with Gasteiger partial charge in [0.25, 0.3) is 0 Å². The van der Waals surface area contributed by atoms with E-state index in [1.807, 2.05) is 23.1 Å². The molecule has 0 spiro atoms. The minimum atomic E-state index is -0.0862. The van der Waals surface area contributed by atoms with Crippen LogP contribution in [0.3, 0.4) is 0 Å². The molecule has 6 nitrogen and oxygen atoms in total. The van der Waals surface area contributed by atoms with E-state index in [4.69, 9.17) is 9.47 Å². The van der Waals surface area contributed by atoms with E-state index < -0.39 is 0 Å². The number of hydrogen-bond acceptors (Lipinski definition) is 4. The Kier molecular flexibility index (Phi) is 6.50. The molecule has 0 aliphatic carbocycles. The Morgan fingerprint density at radius 3 is 2.57 bits per heavy atom. The van der Waals surface area contributed by atoms with Crippen LogP contribution in [-0.2, 0) is 9.47 Å². The summed E-state index contributed by atoms with van der Waals surface area (Å²) in [5, 5.41) is 3.29. The molecule has 3 heterocycles. The maximum atomic E-state index is 13.2. The van der Waals surface area contributed by atoms with E-state index in [-0.39, 0.29) is 24.2 Å². The van der Waals surface area contributed by atoms with Gasteiger partial charge in [0.05, 0.1) is 12.1 Å². The number of nitrogens with zero attached hydrogens (tertiary/aromatic N) is 2. The first-order chi connectivity index (χ1) is 13.7. The minimum absolute atomic E-state index is 0.0310. The average Bonchev–Trinajstić information content (AvgIpc) is 3.27. The van der Waals surface area contributed by atoms with Crippen LogP contribution in [0.5, 0.6) is 0 Å². The van der Waals surface area contributed by atoms with E-state index in [1.54, 1.807) is 0 Å². The zero-order valence-electron chi connectivity index (χ0n) is 16.9. The third kappa shape index (κ3) is 4.50. The van der Waals surface area contributed by atoms with Crippen molar-refractivity contribution < 1.29 is 14.3 Å². The first-order valence-corrected chi connectivity index (χ1v) is 10.8. The van der Waals surface area contributed by atoms with Gasteiger partial charge in [-0.05, 0) is 38.2 Å². The lowest BCUT2D eigenvalue weighted by Gasteiger charge is -2.44. The Labute approximate surface area is 168 Å². The van der Waals surface area contributed by atoms with Gasteiger partial charge in [0, 0.05) is 51.5 Å². The molecule has 1 aromatic carbocycles. The van der Waals surface area contributed by atoms with E-state index in [1.165, 1.54) is 0 Å². The minimum Gasteiger partial charge on any atom is -0.381 e. The zero-order chi connectivity index (χ0) is 19.3. The standard InChI is InChI=1S/C22H33N3O3/c1-17-16-24(19-9-14-27-15-10-19)11-12-25(17)22(26)23-21(20-8-5-13-28-20)18-6-3-2-4-7-18/h2-4,6-7,17,19-21H,5,8-16H2,1H3,(H,23,26)/t17-,20?,21?/m1/s1. The van der Waals surface area contributed by atoms with Crippen molar-refractivity contribution in [3.63, 3.8) is 0 Å². The van der Waals surface area contributed by atoms with Crippen molar-refractivity contribution in [3.8, 4) is 0 Å². The lowest BCUT2D eigenvalue weighted by Crippen LogP contribution is -2.59. The highest BCUT2D eigenvalue weighted by atomic mass is 16.5. The fourth-order valence-corrected chi connectivity index (χ4v) is 4.80. The number of ether oxygens (including phenoxy) is 2. The van der Waals surface area contributed by atoms with Gasteiger partial charge in [-0.15, -0.1) is 0 Å². The summed E-state index contributed by atoms with van der Waals surface area (Å²) in [6.07, 6.45) is 4.32. The number of hydrogen-bond donors (Lipinski definition) is 1. The molecule has 0 aromatic heterocycles. The molecule has 1 aromatic rings.